The zero-order chi connectivity index (χ0) is 19.2. The van der Waals surface area contributed by atoms with E-state index in [1.165, 1.54) is 6.08 Å². The maximum Gasteiger partial charge on any atom is 0.334 e. The normalized spacial score (nSPS) is 37.1. The number of hydrogen-bond acceptors (Lipinski definition) is 6. The molecule has 0 radical (unpaired) electrons. The van der Waals surface area contributed by atoms with Gasteiger partial charge in [0.15, 0.2) is 0 Å². The molecule has 0 aromatic rings. The number of rotatable bonds is 3. The summed E-state index contributed by atoms with van der Waals surface area (Å²) in [6, 6.07) is 0. The number of esters is 2. The van der Waals surface area contributed by atoms with Gasteiger partial charge >= 0.3 is 11.9 Å². The Hall–Kier alpha value is -2.18. The number of carbonyl (C=O) groups is 2. The Kier molecular flexibility index (Phi) is 4.90. The van der Waals surface area contributed by atoms with Gasteiger partial charge in [0.05, 0.1) is 18.6 Å². The van der Waals surface area contributed by atoms with Gasteiger partial charge in [-0.2, -0.15) is 0 Å². The molecule has 0 unspecified atom stereocenters. The maximum atomic E-state index is 12.2. The first kappa shape index (κ1) is 18.6. The predicted molar refractivity (Wildman–Crippen MR) is 93.7 cm³/mol. The van der Waals surface area contributed by atoms with Gasteiger partial charge in [0.25, 0.3) is 0 Å². The van der Waals surface area contributed by atoms with Gasteiger partial charge in [-0.15, -0.1) is 0 Å². The summed E-state index contributed by atoms with van der Waals surface area (Å²) >= 11 is 0. The largest absolute Gasteiger partial charge is 0.458 e. The highest BCUT2D eigenvalue weighted by Gasteiger charge is 2.56. The SMILES string of the molecule is C=C1C(=O)O[C@@H]2[C@H]3C(=C)[C@@H](OC(=O)/C(C)=C/CO)C[C@H]3C(=C)C[C@H](O)[C@@H]12. The second-order valence-corrected chi connectivity index (χ2v) is 7.26. The van der Waals surface area contributed by atoms with Crippen LogP contribution in [0.5, 0.6) is 0 Å². The lowest BCUT2D eigenvalue weighted by Crippen LogP contribution is -2.34. The number of ether oxygens (including phenoxy) is 2. The standard InChI is InChI=1S/C20H24O6/c1-9(5-6-21)19(23)25-15-8-13-10(2)7-14(22)17-12(4)20(24)26-18(17)16(13)11(15)3/h5,13-18,21-22H,2-4,6-8H2,1H3/b9-5+/t13-,14-,15-,16-,17+,18+/m0/s1. The minimum absolute atomic E-state index is 0.0919. The quantitative estimate of drug-likeness (QED) is 0.450. The summed E-state index contributed by atoms with van der Waals surface area (Å²) in [5, 5.41) is 19.4. The Morgan fingerprint density at radius 2 is 2.04 bits per heavy atom. The van der Waals surface area contributed by atoms with Crippen molar-refractivity contribution in [1.82, 2.24) is 0 Å². The fourth-order valence-corrected chi connectivity index (χ4v) is 4.33. The number of fused-ring (bicyclic) bond motifs is 3. The van der Waals surface area contributed by atoms with Gasteiger partial charge in [0.2, 0.25) is 0 Å². The van der Waals surface area contributed by atoms with Crippen molar-refractivity contribution >= 4 is 11.9 Å². The Balaban J connectivity index is 1.86. The number of carbonyl (C=O) groups excluding carboxylic acids is 2. The third kappa shape index (κ3) is 2.93. The van der Waals surface area contributed by atoms with E-state index in [0.29, 0.717) is 24.0 Å². The van der Waals surface area contributed by atoms with E-state index in [2.05, 4.69) is 19.7 Å². The van der Waals surface area contributed by atoms with Crippen LogP contribution in [0.25, 0.3) is 0 Å². The molecule has 0 amide bonds. The lowest BCUT2D eigenvalue weighted by atomic mass is 9.81. The highest BCUT2D eigenvalue weighted by molar-refractivity contribution is 5.91. The summed E-state index contributed by atoms with van der Waals surface area (Å²) in [7, 11) is 0. The number of aliphatic hydroxyl groups excluding tert-OH is 2. The van der Waals surface area contributed by atoms with Crippen LogP contribution in [-0.2, 0) is 19.1 Å². The van der Waals surface area contributed by atoms with Crippen LogP contribution in [0.15, 0.2) is 48.1 Å². The van der Waals surface area contributed by atoms with Crippen LogP contribution >= 0.6 is 0 Å². The summed E-state index contributed by atoms with van der Waals surface area (Å²) in [6.07, 6.45) is 0.335. The van der Waals surface area contributed by atoms with Gasteiger partial charge < -0.3 is 19.7 Å². The van der Waals surface area contributed by atoms with E-state index in [1.807, 2.05) is 0 Å². The molecule has 0 aromatic carbocycles. The zero-order valence-corrected chi connectivity index (χ0v) is 14.8. The summed E-state index contributed by atoms with van der Waals surface area (Å²) < 4.78 is 11.1. The van der Waals surface area contributed by atoms with Gasteiger partial charge in [0.1, 0.15) is 12.2 Å². The van der Waals surface area contributed by atoms with Crippen molar-refractivity contribution < 1.29 is 29.3 Å². The molecular weight excluding hydrogens is 336 g/mol. The van der Waals surface area contributed by atoms with Crippen molar-refractivity contribution in [2.75, 3.05) is 6.61 Å². The molecule has 1 aliphatic heterocycles. The van der Waals surface area contributed by atoms with Crippen molar-refractivity contribution in [1.29, 1.82) is 0 Å². The van der Waals surface area contributed by atoms with Gasteiger partial charge in [0, 0.05) is 17.1 Å². The van der Waals surface area contributed by atoms with Crippen LogP contribution in [0.1, 0.15) is 19.8 Å². The average molecular weight is 360 g/mol. The van der Waals surface area contributed by atoms with E-state index >= 15 is 0 Å². The molecule has 6 atom stereocenters. The highest BCUT2D eigenvalue weighted by atomic mass is 16.6. The van der Waals surface area contributed by atoms with Gasteiger partial charge in [-0.1, -0.05) is 25.3 Å². The number of hydrogen-bond donors (Lipinski definition) is 2. The monoisotopic (exact) mass is 360 g/mol. The number of aliphatic hydroxyl groups is 2. The molecular formula is C20H24O6. The van der Waals surface area contributed by atoms with Gasteiger partial charge in [-0.3, -0.25) is 0 Å². The van der Waals surface area contributed by atoms with Crippen molar-refractivity contribution in [2.24, 2.45) is 17.8 Å². The Bertz CT molecular complexity index is 718. The molecule has 3 rings (SSSR count). The van der Waals surface area contributed by atoms with E-state index in [-0.39, 0.29) is 24.0 Å². The van der Waals surface area contributed by atoms with E-state index in [4.69, 9.17) is 14.6 Å². The molecule has 6 heteroatoms. The highest BCUT2D eigenvalue weighted by Crippen LogP contribution is 2.52. The summed E-state index contributed by atoms with van der Waals surface area (Å²) in [4.78, 5) is 24.2. The molecule has 2 saturated carbocycles. The summed E-state index contributed by atoms with van der Waals surface area (Å²) in [6.45, 7) is 13.3. The first-order valence-electron chi connectivity index (χ1n) is 8.69. The molecule has 3 fully saturated rings. The van der Waals surface area contributed by atoms with E-state index in [0.717, 1.165) is 5.57 Å². The zero-order valence-electron chi connectivity index (χ0n) is 14.8. The second-order valence-electron chi connectivity index (χ2n) is 7.26. The molecule has 3 aliphatic rings. The van der Waals surface area contributed by atoms with Crippen molar-refractivity contribution in [3.05, 3.63) is 48.1 Å². The van der Waals surface area contributed by atoms with Crippen LogP contribution in [0.4, 0.5) is 0 Å². The summed E-state index contributed by atoms with van der Waals surface area (Å²) in [5.74, 6) is -1.88. The molecule has 1 saturated heterocycles. The molecule has 2 aliphatic carbocycles. The van der Waals surface area contributed by atoms with E-state index in [9.17, 15) is 14.7 Å². The first-order chi connectivity index (χ1) is 12.3. The molecule has 140 valence electrons. The molecule has 0 bridgehead atoms. The Morgan fingerprint density at radius 1 is 1.35 bits per heavy atom. The molecule has 6 nitrogen and oxygen atoms in total. The fraction of sp³-hybridized carbons (Fsp3) is 0.500. The lowest BCUT2D eigenvalue weighted by Gasteiger charge is -2.27. The second kappa shape index (κ2) is 6.85. The van der Waals surface area contributed by atoms with Crippen LogP contribution in [0.3, 0.4) is 0 Å². The van der Waals surface area contributed by atoms with Crippen molar-refractivity contribution in [3.8, 4) is 0 Å². The fourth-order valence-electron chi connectivity index (χ4n) is 4.33. The molecule has 2 N–H and O–H groups in total. The molecule has 0 aromatic heterocycles. The van der Waals surface area contributed by atoms with Crippen LogP contribution < -0.4 is 0 Å². The summed E-state index contributed by atoms with van der Waals surface area (Å²) in [5.41, 5.74) is 2.09. The Labute approximate surface area is 152 Å². The third-order valence-corrected chi connectivity index (χ3v) is 5.74. The van der Waals surface area contributed by atoms with E-state index in [1.54, 1.807) is 6.92 Å². The van der Waals surface area contributed by atoms with Crippen LogP contribution in [0.2, 0.25) is 0 Å². The smallest absolute Gasteiger partial charge is 0.334 e. The van der Waals surface area contributed by atoms with Crippen molar-refractivity contribution in [3.63, 3.8) is 0 Å². The third-order valence-electron chi connectivity index (χ3n) is 5.74. The van der Waals surface area contributed by atoms with Gasteiger partial charge in [-0.25, -0.2) is 9.59 Å². The van der Waals surface area contributed by atoms with Crippen molar-refractivity contribution in [2.45, 2.75) is 38.1 Å². The minimum atomic E-state index is -0.777. The molecule has 0 spiro atoms. The minimum Gasteiger partial charge on any atom is -0.458 e. The first-order valence-corrected chi connectivity index (χ1v) is 8.69. The van der Waals surface area contributed by atoms with Crippen LogP contribution in [0, 0.1) is 17.8 Å². The Morgan fingerprint density at radius 3 is 2.69 bits per heavy atom. The van der Waals surface area contributed by atoms with E-state index < -0.39 is 36.2 Å². The molecule has 1 heterocycles. The topological polar surface area (TPSA) is 93.1 Å². The predicted octanol–water partition coefficient (Wildman–Crippen LogP) is 1.45. The van der Waals surface area contributed by atoms with Crippen LogP contribution in [-0.4, -0.2) is 47.1 Å². The average Bonchev–Trinajstić information content (AvgIpc) is 3.01. The lowest BCUT2D eigenvalue weighted by molar-refractivity contribution is -0.143. The molecule has 26 heavy (non-hydrogen) atoms. The maximum absolute atomic E-state index is 12.2. The van der Waals surface area contributed by atoms with Gasteiger partial charge in [-0.05, 0) is 37.3 Å².